The molecule has 0 saturated carbocycles. The summed E-state index contributed by atoms with van der Waals surface area (Å²) in [6, 6.07) is 0.598. The molecule has 1 aliphatic rings. The molecule has 0 radical (unpaired) electrons. The van der Waals surface area contributed by atoms with Gasteiger partial charge in [0.1, 0.15) is 0 Å². The van der Waals surface area contributed by atoms with E-state index in [0.717, 1.165) is 13.0 Å². The smallest absolute Gasteiger partial charge is 0.0306 e. The van der Waals surface area contributed by atoms with E-state index in [1.165, 1.54) is 58.0 Å². The van der Waals surface area contributed by atoms with Gasteiger partial charge < -0.3 is 5.32 Å². The highest BCUT2D eigenvalue weighted by atomic mass is 15.2. The van der Waals surface area contributed by atoms with Crippen LogP contribution in [0.3, 0.4) is 0 Å². The lowest BCUT2D eigenvalue weighted by Gasteiger charge is -2.44. The highest BCUT2D eigenvalue weighted by molar-refractivity contribution is 4.94. The maximum Gasteiger partial charge on any atom is 0.0306 e. The third kappa shape index (κ3) is 5.57. The van der Waals surface area contributed by atoms with E-state index < -0.39 is 0 Å². The number of rotatable bonds is 9. The highest BCUT2D eigenvalue weighted by Gasteiger charge is 2.34. The van der Waals surface area contributed by atoms with Gasteiger partial charge >= 0.3 is 0 Å². The van der Waals surface area contributed by atoms with Crippen LogP contribution in [0.2, 0.25) is 0 Å². The van der Waals surface area contributed by atoms with E-state index in [-0.39, 0.29) is 5.54 Å². The van der Waals surface area contributed by atoms with Crippen LogP contribution in [0.1, 0.15) is 72.1 Å². The molecule has 0 aliphatic carbocycles. The van der Waals surface area contributed by atoms with E-state index in [1.807, 2.05) is 0 Å². The van der Waals surface area contributed by atoms with E-state index in [1.54, 1.807) is 0 Å². The Morgan fingerprint density at radius 2 is 1.85 bits per heavy atom. The summed E-state index contributed by atoms with van der Waals surface area (Å²) in [7, 11) is 0. The molecular weight excluding hydrogens is 244 g/mol. The minimum Gasteiger partial charge on any atom is -0.312 e. The third-order valence-electron chi connectivity index (χ3n) is 4.82. The predicted octanol–water partition coefficient (Wildman–Crippen LogP) is 4.37. The molecule has 1 fully saturated rings. The zero-order chi connectivity index (χ0) is 14.8. The van der Waals surface area contributed by atoms with Gasteiger partial charge in [0.25, 0.3) is 0 Å². The van der Waals surface area contributed by atoms with Gasteiger partial charge in [-0.1, -0.05) is 25.8 Å². The molecule has 0 spiro atoms. The molecule has 1 rings (SSSR count). The topological polar surface area (TPSA) is 15.3 Å². The quantitative estimate of drug-likeness (QED) is 0.498. The van der Waals surface area contributed by atoms with Gasteiger partial charge in [-0.25, -0.2) is 0 Å². The number of hydrogen-bond acceptors (Lipinski definition) is 2. The molecule has 2 nitrogen and oxygen atoms in total. The van der Waals surface area contributed by atoms with Crippen molar-refractivity contribution in [2.24, 2.45) is 0 Å². The average molecular weight is 280 g/mol. The number of likely N-dealkylation sites (tertiary alicyclic amines) is 1. The first-order chi connectivity index (χ1) is 9.62. The van der Waals surface area contributed by atoms with Crippen molar-refractivity contribution >= 4 is 0 Å². The van der Waals surface area contributed by atoms with Gasteiger partial charge in [-0.05, 0) is 72.0 Å². The molecule has 1 unspecified atom stereocenters. The van der Waals surface area contributed by atoms with Gasteiger partial charge in [-0.2, -0.15) is 0 Å². The first kappa shape index (κ1) is 17.7. The SMILES string of the molecule is C=CCCCC(NCCC)C(C)(C)N1CCCCCC1. The standard InChI is InChI=1S/C18H36N2/c1-5-7-10-13-17(19-14-6-2)18(3,4)20-15-11-8-9-12-16-20/h5,17,19H,1,6-16H2,2-4H3. The fourth-order valence-electron chi connectivity index (χ4n) is 3.36. The summed E-state index contributed by atoms with van der Waals surface area (Å²) in [5.74, 6) is 0. The van der Waals surface area contributed by atoms with Crippen LogP contribution in [0.15, 0.2) is 12.7 Å². The molecule has 0 bridgehead atoms. The molecular formula is C18H36N2. The van der Waals surface area contributed by atoms with E-state index in [2.05, 4.69) is 43.6 Å². The van der Waals surface area contributed by atoms with Crippen molar-refractivity contribution in [2.75, 3.05) is 19.6 Å². The highest BCUT2D eigenvalue weighted by Crippen LogP contribution is 2.26. The summed E-state index contributed by atoms with van der Waals surface area (Å²) in [5.41, 5.74) is 0.265. The Bertz CT molecular complexity index is 252. The minimum absolute atomic E-state index is 0.265. The second-order valence-electron chi connectivity index (χ2n) is 6.78. The summed E-state index contributed by atoms with van der Waals surface area (Å²) >= 11 is 0. The largest absolute Gasteiger partial charge is 0.312 e. The molecule has 0 aromatic heterocycles. The number of nitrogens with zero attached hydrogens (tertiary/aromatic N) is 1. The van der Waals surface area contributed by atoms with Gasteiger partial charge in [0, 0.05) is 11.6 Å². The van der Waals surface area contributed by atoms with Crippen LogP contribution in [0.25, 0.3) is 0 Å². The molecule has 20 heavy (non-hydrogen) atoms. The molecule has 1 aliphatic heterocycles. The molecule has 0 amide bonds. The van der Waals surface area contributed by atoms with Crippen LogP contribution in [-0.2, 0) is 0 Å². The molecule has 118 valence electrons. The zero-order valence-corrected chi connectivity index (χ0v) is 14.1. The third-order valence-corrected chi connectivity index (χ3v) is 4.82. The molecule has 1 saturated heterocycles. The lowest BCUT2D eigenvalue weighted by molar-refractivity contribution is 0.0793. The van der Waals surface area contributed by atoms with Crippen molar-refractivity contribution in [1.29, 1.82) is 0 Å². The van der Waals surface area contributed by atoms with E-state index in [4.69, 9.17) is 0 Å². The summed E-state index contributed by atoms with van der Waals surface area (Å²) < 4.78 is 0. The van der Waals surface area contributed by atoms with Gasteiger partial charge in [0.2, 0.25) is 0 Å². The monoisotopic (exact) mass is 280 g/mol. The fourth-order valence-corrected chi connectivity index (χ4v) is 3.36. The Labute approximate surface area is 127 Å². The van der Waals surface area contributed by atoms with Gasteiger partial charge in [-0.15, -0.1) is 6.58 Å². The van der Waals surface area contributed by atoms with Crippen LogP contribution in [0, 0.1) is 0 Å². The van der Waals surface area contributed by atoms with Crippen molar-refractivity contribution in [3.8, 4) is 0 Å². The molecule has 2 heteroatoms. The molecule has 1 N–H and O–H groups in total. The van der Waals surface area contributed by atoms with Crippen LogP contribution in [-0.4, -0.2) is 36.1 Å². The number of allylic oxidation sites excluding steroid dienone is 1. The summed E-state index contributed by atoms with van der Waals surface area (Å²) in [6.45, 7) is 14.7. The van der Waals surface area contributed by atoms with Crippen molar-refractivity contribution in [1.82, 2.24) is 10.2 Å². The van der Waals surface area contributed by atoms with Gasteiger partial charge in [0.15, 0.2) is 0 Å². The van der Waals surface area contributed by atoms with Gasteiger partial charge in [0.05, 0.1) is 0 Å². The first-order valence-corrected chi connectivity index (χ1v) is 8.72. The normalized spacial score (nSPS) is 19.6. The Kier molecular flexibility index (Phi) is 8.47. The van der Waals surface area contributed by atoms with E-state index in [9.17, 15) is 0 Å². The maximum atomic E-state index is 3.85. The van der Waals surface area contributed by atoms with E-state index in [0.29, 0.717) is 6.04 Å². The Morgan fingerprint density at radius 1 is 1.20 bits per heavy atom. The predicted molar refractivity (Wildman–Crippen MR) is 90.2 cm³/mol. The Hall–Kier alpha value is -0.340. The Balaban J connectivity index is 2.64. The number of unbranched alkanes of at least 4 members (excludes halogenated alkanes) is 1. The molecule has 0 aromatic carbocycles. The molecule has 0 aromatic rings. The first-order valence-electron chi connectivity index (χ1n) is 8.72. The van der Waals surface area contributed by atoms with Crippen molar-refractivity contribution in [2.45, 2.75) is 83.7 Å². The number of hydrogen-bond donors (Lipinski definition) is 1. The summed E-state index contributed by atoms with van der Waals surface area (Å²) in [4.78, 5) is 2.74. The zero-order valence-electron chi connectivity index (χ0n) is 14.1. The molecule has 1 atom stereocenters. The van der Waals surface area contributed by atoms with Gasteiger partial charge in [-0.3, -0.25) is 4.90 Å². The van der Waals surface area contributed by atoms with Crippen LogP contribution >= 0.6 is 0 Å². The van der Waals surface area contributed by atoms with Crippen molar-refractivity contribution < 1.29 is 0 Å². The van der Waals surface area contributed by atoms with Crippen LogP contribution in [0.4, 0.5) is 0 Å². The lowest BCUT2D eigenvalue weighted by Crippen LogP contribution is -2.58. The molecule has 1 heterocycles. The minimum atomic E-state index is 0.265. The van der Waals surface area contributed by atoms with Crippen LogP contribution in [0.5, 0.6) is 0 Å². The van der Waals surface area contributed by atoms with Crippen molar-refractivity contribution in [3.63, 3.8) is 0 Å². The average Bonchev–Trinajstić information content (AvgIpc) is 2.72. The number of nitrogens with one attached hydrogen (secondary N) is 1. The Morgan fingerprint density at radius 3 is 2.40 bits per heavy atom. The fraction of sp³-hybridized carbons (Fsp3) is 0.889. The van der Waals surface area contributed by atoms with Crippen molar-refractivity contribution in [3.05, 3.63) is 12.7 Å². The second-order valence-corrected chi connectivity index (χ2v) is 6.78. The maximum absolute atomic E-state index is 3.85. The van der Waals surface area contributed by atoms with Crippen LogP contribution < -0.4 is 5.32 Å². The summed E-state index contributed by atoms with van der Waals surface area (Å²) in [6.07, 6.45) is 12.5. The lowest BCUT2D eigenvalue weighted by atomic mass is 9.88. The second kappa shape index (κ2) is 9.57. The van der Waals surface area contributed by atoms with E-state index >= 15 is 0 Å². The summed E-state index contributed by atoms with van der Waals surface area (Å²) in [5, 5.41) is 3.81.